The molecule has 37 heavy (non-hydrogen) atoms. The van der Waals surface area contributed by atoms with E-state index in [0.717, 1.165) is 49.7 Å². The molecule has 5 aromatic rings. The fraction of sp³-hybridized carbons (Fsp3) is 0.231. The number of halogens is 1. The maximum atomic E-state index is 11.6. The van der Waals surface area contributed by atoms with Gasteiger partial charge in [-0.15, -0.1) is 0 Å². The number of benzene rings is 2. The number of nitrogens with one attached hydrogen (secondary N) is 3. The normalized spacial score (nSPS) is 14.5. The lowest BCUT2D eigenvalue weighted by Gasteiger charge is -2.30. The predicted octanol–water partition coefficient (Wildman–Crippen LogP) is 4.32. The summed E-state index contributed by atoms with van der Waals surface area (Å²) in [5, 5.41) is 5.32. The zero-order valence-electron chi connectivity index (χ0n) is 20.4. The summed E-state index contributed by atoms with van der Waals surface area (Å²) < 4.78 is 42.6. The third-order valence-electron chi connectivity index (χ3n) is 6.63. The second kappa shape index (κ2) is 8.38. The van der Waals surface area contributed by atoms with Gasteiger partial charge in [0.05, 0.1) is 44.7 Å². The van der Waals surface area contributed by atoms with Gasteiger partial charge < -0.3 is 23.8 Å². The second-order valence-electron chi connectivity index (χ2n) is 10.4. The average Bonchev–Trinajstić information content (AvgIpc) is 3.40. The molecule has 0 fully saturated rings. The highest BCUT2D eigenvalue weighted by molar-refractivity contribution is 9.10. The van der Waals surface area contributed by atoms with Crippen LogP contribution in [-0.2, 0) is 15.9 Å². The Morgan fingerprint density at radius 1 is 1.24 bits per heavy atom. The number of quaternary nitrogens is 1. The van der Waals surface area contributed by atoms with Crippen LogP contribution in [0.4, 0.5) is 5.69 Å². The molecule has 0 saturated carbocycles. The summed E-state index contributed by atoms with van der Waals surface area (Å²) >= 11 is 3.56. The van der Waals surface area contributed by atoms with Crippen LogP contribution in [0.1, 0.15) is 28.5 Å². The molecule has 190 valence electrons. The van der Waals surface area contributed by atoms with Gasteiger partial charge in [0.15, 0.2) is 17.3 Å². The minimum absolute atomic E-state index is 0.119. The lowest BCUT2D eigenvalue weighted by Crippen LogP contribution is -2.39. The molecule has 4 heterocycles. The molecule has 6 rings (SSSR count). The van der Waals surface area contributed by atoms with E-state index in [2.05, 4.69) is 63.4 Å². The molecular formula is C26H25BrN5O4S+. The van der Waals surface area contributed by atoms with Crippen LogP contribution in [0.5, 0.6) is 0 Å². The predicted molar refractivity (Wildman–Crippen MR) is 145 cm³/mol. The molecule has 9 nitrogen and oxygen atoms in total. The Morgan fingerprint density at radius 3 is 2.81 bits per heavy atom. The van der Waals surface area contributed by atoms with Crippen molar-refractivity contribution in [1.29, 1.82) is 0 Å². The first-order valence-corrected chi connectivity index (χ1v) is 14.1. The van der Waals surface area contributed by atoms with Crippen molar-refractivity contribution < 1.29 is 26.9 Å². The molecule has 0 bridgehead atoms. The molecular weight excluding hydrogens is 558 g/mol. The van der Waals surface area contributed by atoms with Crippen LogP contribution < -0.4 is 10.3 Å². The van der Waals surface area contributed by atoms with Crippen LogP contribution in [0.2, 0.25) is 0 Å². The summed E-state index contributed by atoms with van der Waals surface area (Å²) in [6, 6.07) is 8.10. The lowest BCUT2D eigenvalue weighted by molar-refractivity contribution is -0.871. The van der Waals surface area contributed by atoms with Gasteiger partial charge in [0, 0.05) is 39.4 Å². The molecule has 0 spiro atoms. The number of hydrogen-bond acceptors (Lipinski definition) is 6. The number of likely N-dealkylation sites (N-methyl/N-ethyl adjacent to an activating group) is 1. The summed E-state index contributed by atoms with van der Waals surface area (Å²) in [7, 11) is 1.82. The Labute approximate surface area is 221 Å². The minimum atomic E-state index is -4.58. The molecule has 0 amide bonds. The molecule has 1 aliphatic rings. The average molecular weight is 583 g/mol. The van der Waals surface area contributed by atoms with Crippen molar-refractivity contribution in [3.05, 3.63) is 69.9 Å². The summed E-state index contributed by atoms with van der Waals surface area (Å²) in [6.45, 7) is 0.722. The summed E-state index contributed by atoms with van der Waals surface area (Å²) in [5.41, 5.74) is 6.56. The monoisotopic (exact) mass is 582 g/mol. The van der Waals surface area contributed by atoms with Crippen molar-refractivity contribution >= 4 is 70.7 Å². The van der Waals surface area contributed by atoms with Gasteiger partial charge in [0.1, 0.15) is 15.9 Å². The minimum Gasteiger partial charge on any atom is -0.748 e. The number of aromatic nitrogens is 3. The third-order valence-corrected chi connectivity index (χ3v) is 7.72. The fourth-order valence-corrected chi connectivity index (χ4v) is 6.09. The Morgan fingerprint density at radius 2 is 2.05 bits per heavy atom. The van der Waals surface area contributed by atoms with Gasteiger partial charge in [-0.3, -0.25) is 0 Å². The fourth-order valence-electron chi connectivity index (χ4n) is 5.31. The van der Waals surface area contributed by atoms with Crippen molar-refractivity contribution in [2.75, 3.05) is 33.0 Å². The Bertz CT molecular complexity index is 1850. The number of nitrogens with zero attached hydrogens (tertiary/aromatic N) is 2. The Balaban J connectivity index is 1.73. The first-order chi connectivity index (χ1) is 17.5. The Kier molecular flexibility index (Phi) is 5.46. The Hall–Kier alpha value is -3.25. The maximum absolute atomic E-state index is 11.6. The van der Waals surface area contributed by atoms with Gasteiger partial charge in [-0.25, -0.2) is 18.4 Å². The highest BCUT2D eigenvalue weighted by atomic mass is 79.9. The molecule has 3 N–H and O–H groups in total. The van der Waals surface area contributed by atoms with E-state index in [1.165, 1.54) is 0 Å². The number of fused-ring (bicyclic) bond motifs is 3. The van der Waals surface area contributed by atoms with E-state index in [0.29, 0.717) is 21.1 Å². The van der Waals surface area contributed by atoms with Crippen molar-refractivity contribution in [3.63, 3.8) is 0 Å². The van der Waals surface area contributed by atoms with E-state index in [9.17, 15) is 13.0 Å². The largest absolute Gasteiger partial charge is 0.748 e. The SMILES string of the molecule is C[N+](C)(C)C[C@H](c1c[nH]c2cc(Br)ccc12)c1c2c3c(cc[nH+]c3c3nc(CS(=O)(=O)[O-])oc13)NC=C2. The third kappa shape index (κ3) is 4.31. The van der Waals surface area contributed by atoms with E-state index >= 15 is 0 Å². The van der Waals surface area contributed by atoms with Gasteiger partial charge in [-0.2, -0.15) is 0 Å². The highest BCUT2D eigenvalue weighted by Crippen LogP contribution is 2.44. The zero-order valence-corrected chi connectivity index (χ0v) is 22.8. The number of hydrogen-bond donors (Lipinski definition) is 2. The number of aromatic amines is 2. The van der Waals surface area contributed by atoms with Crippen molar-refractivity contribution in [3.8, 4) is 0 Å². The van der Waals surface area contributed by atoms with Crippen molar-refractivity contribution in [2.24, 2.45) is 0 Å². The lowest BCUT2D eigenvalue weighted by atomic mass is 9.84. The molecule has 1 atom stereocenters. The molecule has 0 aliphatic carbocycles. The van der Waals surface area contributed by atoms with E-state index < -0.39 is 15.9 Å². The van der Waals surface area contributed by atoms with E-state index in [1.54, 1.807) is 6.20 Å². The number of pyridine rings is 1. The number of rotatable bonds is 6. The topological polar surface area (TPSA) is 125 Å². The van der Waals surface area contributed by atoms with Gasteiger partial charge in [-0.1, -0.05) is 22.0 Å². The smallest absolute Gasteiger partial charge is 0.243 e. The van der Waals surface area contributed by atoms with Crippen LogP contribution in [0.25, 0.3) is 39.0 Å². The highest BCUT2D eigenvalue weighted by Gasteiger charge is 2.34. The van der Waals surface area contributed by atoms with E-state index in [-0.39, 0.29) is 11.8 Å². The van der Waals surface area contributed by atoms with E-state index in [4.69, 9.17) is 4.42 Å². The summed E-state index contributed by atoms with van der Waals surface area (Å²) in [5.74, 6) is -1.07. The quantitative estimate of drug-likeness (QED) is 0.227. The second-order valence-corrected chi connectivity index (χ2v) is 12.7. The van der Waals surface area contributed by atoms with Crippen molar-refractivity contribution in [2.45, 2.75) is 11.7 Å². The van der Waals surface area contributed by atoms with Crippen LogP contribution in [0.15, 0.2) is 51.7 Å². The molecule has 0 unspecified atom stereocenters. The van der Waals surface area contributed by atoms with Crippen LogP contribution in [0, 0.1) is 0 Å². The molecule has 2 aromatic carbocycles. The molecule has 11 heteroatoms. The number of oxazole rings is 1. The van der Waals surface area contributed by atoms with Gasteiger partial charge in [0.25, 0.3) is 0 Å². The van der Waals surface area contributed by atoms with Crippen LogP contribution in [-0.4, -0.2) is 55.1 Å². The van der Waals surface area contributed by atoms with Gasteiger partial charge in [0.2, 0.25) is 11.4 Å². The summed E-state index contributed by atoms with van der Waals surface area (Å²) in [6.07, 6.45) is 7.73. The first kappa shape index (κ1) is 24.1. The first-order valence-electron chi connectivity index (χ1n) is 11.7. The molecule has 0 saturated heterocycles. The zero-order chi connectivity index (χ0) is 26.1. The van der Waals surface area contributed by atoms with E-state index in [1.807, 2.05) is 36.7 Å². The molecule has 0 radical (unpaired) electrons. The maximum Gasteiger partial charge on any atom is 0.243 e. The standard InChI is InChI=1S/C26H24BrN5O4S/c1-32(2,3)12-18(17-11-30-20-10-14(27)4-5-15(17)20)22-16-6-8-28-19-7-9-29-24(23(16)19)25-26(22)36-21(31-25)13-37(33,34)35/h4-11,18,28,30H,12-13H2,1-3H3/p+1/t18-/m1/s1. The van der Waals surface area contributed by atoms with Crippen LogP contribution >= 0.6 is 15.9 Å². The molecule has 3 aromatic heterocycles. The van der Waals surface area contributed by atoms with Gasteiger partial charge >= 0.3 is 0 Å². The van der Waals surface area contributed by atoms with Crippen LogP contribution in [0.3, 0.4) is 0 Å². The number of anilines is 1. The van der Waals surface area contributed by atoms with Gasteiger partial charge in [-0.05, 0) is 29.3 Å². The van der Waals surface area contributed by atoms with Crippen molar-refractivity contribution in [1.82, 2.24) is 9.97 Å². The summed E-state index contributed by atoms with van der Waals surface area (Å²) in [4.78, 5) is 11.2. The number of H-pyrrole nitrogens is 2. The molecule has 1 aliphatic heterocycles.